The first kappa shape index (κ1) is 20.5. The van der Waals surface area contributed by atoms with Crippen LogP contribution in [-0.2, 0) is 9.53 Å². The molecule has 0 saturated heterocycles. The molecule has 2 heteroatoms. The molecule has 0 unspecified atom stereocenters. The van der Waals surface area contributed by atoms with Gasteiger partial charge in [-0.05, 0) is 18.1 Å². The molecule has 0 spiro atoms. The molecule has 0 aromatic heterocycles. The molecule has 0 heterocycles. The molecule has 0 bridgehead atoms. The number of carbonyl (C=O) groups excluding carboxylic acids is 1. The van der Waals surface area contributed by atoms with E-state index in [1.54, 1.807) is 0 Å². The Morgan fingerprint density at radius 2 is 1.38 bits per heavy atom. The molecule has 1 rings (SSSR count). The standard InChI is InChI=1S/C22H34O2/c1-2-3-4-5-6-7-8-9-10-11-15-18-22(23)24-20-19-21-16-13-12-14-17-21/h12-14,16-17,19-20H,2-11,15,18H2,1H3. The van der Waals surface area contributed by atoms with E-state index >= 15 is 0 Å². The van der Waals surface area contributed by atoms with E-state index in [-0.39, 0.29) is 5.97 Å². The van der Waals surface area contributed by atoms with Crippen molar-refractivity contribution in [2.45, 2.75) is 84.0 Å². The maximum atomic E-state index is 11.6. The Morgan fingerprint density at radius 1 is 0.833 bits per heavy atom. The van der Waals surface area contributed by atoms with Crippen LogP contribution in [0.4, 0.5) is 0 Å². The molecular formula is C22H34O2. The van der Waals surface area contributed by atoms with Gasteiger partial charge in [-0.1, -0.05) is 101 Å². The summed E-state index contributed by atoms with van der Waals surface area (Å²) >= 11 is 0. The number of hydrogen-bond donors (Lipinski definition) is 0. The maximum Gasteiger partial charge on any atom is 0.310 e. The predicted octanol–water partition coefficient (Wildman–Crippen LogP) is 6.90. The fraction of sp³-hybridized carbons (Fsp3) is 0.591. The SMILES string of the molecule is CCCCCCCCCCCCCC(=O)OC=Cc1ccccc1. The van der Waals surface area contributed by atoms with Crippen LogP contribution in [0.2, 0.25) is 0 Å². The average molecular weight is 331 g/mol. The van der Waals surface area contributed by atoms with Gasteiger partial charge in [-0.2, -0.15) is 0 Å². The minimum atomic E-state index is -0.127. The van der Waals surface area contributed by atoms with E-state index in [2.05, 4.69) is 6.92 Å². The van der Waals surface area contributed by atoms with Crippen molar-refractivity contribution in [2.24, 2.45) is 0 Å². The predicted molar refractivity (Wildman–Crippen MR) is 103 cm³/mol. The van der Waals surface area contributed by atoms with Gasteiger partial charge in [0.2, 0.25) is 0 Å². The largest absolute Gasteiger partial charge is 0.434 e. The molecule has 0 N–H and O–H groups in total. The zero-order valence-electron chi connectivity index (χ0n) is 15.3. The van der Waals surface area contributed by atoms with E-state index in [0.29, 0.717) is 6.42 Å². The molecule has 0 aliphatic rings. The van der Waals surface area contributed by atoms with Crippen molar-refractivity contribution < 1.29 is 9.53 Å². The van der Waals surface area contributed by atoms with Gasteiger partial charge >= 0.3 is 5.97 Å². The monoisotopic (exact) mass is 330 g/mol. The van der Waals surface area contributed by atoms with Crippen LogP contribution in [0, 0.1) is 0 Å². The Labute approximate surface area is 148 Å². The lowest BCUT2D eigenvalue weighted by Crippen LogP contribution is -1.98. The molecule has 0 fully saturated rings. The van der Waals surface area contributed by atoms with Crippen LogP contribution in [0.1, 0.15) is 89.5 Å². The van der Waals surface area contributed by atoms with E-state index in [4.69, 9.17) is 4.74 Å². The van der Waals surface area contributed by atoms with Crippen molar-refractivity contribution in [3.63, 3.8) is 0 Å². The van der Waals surface area contributed by atoms with Gasteiger partial charge in [-0.3, -0.25) is 4.79 Å². The molecule has 0 amide bonds. The Bertz CT molecular complexity index is 437. The summed E-state index contributed by atoms with van der Waals surface area (Å²) in [5.74, 6) is -0.127. The zero-order valence-corrected chi connectivity index (χ0v) is 15.3. The summed E-state index contributed by atoms with van der Waals surface area (Å²) in [6.07, 6.45) is 18.1. The van der Waals surface area contributed by atoms with E-state index in [1.807, 2.05) is 36.4 Å². The number of ether oxygens (including phenoxy) is 1. The van der Waals surface area contributed by atoms with Crippen LogP contribution >= 0.6 is 0 Å². The molecule has 2 nitrogen and oxygen atoms in total. The molecule has 134 valence electrons. The van der Waals surface area contributed by atoms with Gasteiger partial charge in [0.05, 0.1) is 6.26 Å². The van der Waals surface area contributed by atoms with Gasteiger partial charge in [0, 0.05) is 6.42 Å². The number of hydrogen-bond acceptors (Lipinski definition) is 2. The number of esters is 1. The first-order valence-corrected chi connectivity index (χ1v) is 9.74. The van der Waals surface area contributed by atoms with Crippen LogP contribution in [0.5, 0.6) is 0 Å². The normalized spacial score (nSPS) is 11.0. The van der Waals surface area contributed by atoms with Crippen molar-refractivity contribution in [3.8, 4) is 0 Å². The highest BCUT2D eigenvalue weighted by atomic mass is 16.5. The first-order valence-electron chi connectivity index (χ1n) is 9.74. The Morgan fingerprint density at radius 3 is 1.96 bits per heavy atom. The number of rotatable bonds is 14. The summed E-state index contributed by atoms with van der Waals surface area (Å²) in [6.45, 7) is 2.26. The van der Waals surface area contributed by atoms with Gasteiger partial charge in [-0.15, -0.1) is 0 Å². The van der Waals surface area contributed by atoms with Gasteiger partial charge in [-0.25, -0.2) is 0 Å². The summed E-state index contributed by atoms with van der Waals surface area (Å²) in [6, 6.07) is 9.86. The third kappa shape index (κ3) is 11.9. The molecular weight excluding hydrogens is 296 g/mol. The van der Waals surface area contributed by atoms with Crippen LogP contribution in [-0.4, -0.2) is 5.97 Å². The van der Waals surface area contributed by atoms with Gasteiger partial charge in [0.1, 0.15) is 0 Å². The molecule has 1 aromatic rings. The third-order valence-corrected chi connectivity index (χ3v) is 4.24. The molecule has 0 aliphatic heterocycles. The van der Waals surface area contributed by atoms with Crippen molar-refractivity contribution in [3.05, 3.63) is 42.2 Å². The molecule has 0 radical (unpaired) electrons. The smallest absolute Gasteiger partial charge is 0.310 e. The van der Waals surface area contributed by atoms with Gasteiger partial charge in [0.25, 0.3) is 0 Å². The summed E-state index contributed by atoms with van der Waals surface area (Å²) in [5.41, 5.74) is 1.04. The van der Waals surface area contributed by atoms with Crippen LogP contribution in [0.25, 0.3) is 6.08 Å². The molecule has 0 atom stereocenters. The second kappa shape index (κ2) is 15.0. The average Bonchev–Trinajstić information content (AvgIpc) is 2.60. The van der Waals surface area contributed by atoms with Gasteiger partial charge < -0.3 is 4.74 Å². The summed E-state index contributed by atoms with van der Waals surface area (Å²) in [4.78, 5) is 11.6. The highest BCUT2D eigenvalue weighted by Crippen LogP contribution is 2.12. The fourth-order valence-electron chi connectivity index (χ4n) is 2.75. The number of carbonyl (C=O) groups is 1. The topological polar surface area (TPSA) is 26.3 Å². The molecule has 0 aliphatic carbocycles. The van der Waals surface area contributed by atoms with Gasteiger partial charge in [0.15, 0.2) is 0 Å². The lowest BCUT2D eigenvalue weighted by atomic mass is 10.1. The molecule has 1 aromatic carbocycles. The highest BCUT2D eigenvalue weighted by Gasteiger charge is 2.00. The summed E-state index contributed by atoms with van der Waals surface area (Å²) in [7, 11) is 0. The summed E-state index contributed by atoms with van der Waals surface area (Å²) in [5, 5.41) is 0. The summed E-state index contributed by atoms with van der Waals surface area (Å²) < 4.78 is 5.12. The Balaban J connectivity index is 1.88. The highest BCUT2D eigenvalue weighted by molar-refractivity contribution is 5.70. The molecule has 0 saturated carbocycles. The third-order valence-electron chi connectivity index (χ3n) is 4.24. The van der Waals surface area contributed by atoms with Crippen molar-refractivity contribution >= 4 is 12.0 Å². The number of unbranched alkanes of at least 4 members (excludes halogenated alkanes) is 10. The lowest BCUT2D eigenvalue weighted by Gasteiger charge is -2.02. The zero-order chi connectivity index (χ0) is 17.3. The van der Waals surface area contributed by atoms with E-state index in [9.17, 15) is 4.79 Å². The second-order valence-corrected chi connectivity index (χ2v) is 6.49. The van der Waals surface area contributed by atoms with Crippen LogP contribution in [0.3, 0.4) is 0 Å². The van der Waals surface area contributed by atoms with Crippen LogP contribution < -0.4 is 0 Å². The fourth-order valence-corrected chi connectivity index (χ4v) is 2.75. The van der Waals surface area contributed by atoms with Crippen molar-refractivity contribution in [1.29, 1.82) is 0 Å². The van der Waals surface area contributed by atoms with E-state index in [0.717, 1.165) is 18.4 Å². The lowest BCUT2D eigenvalue weighted by molar-refractivity contribution is -0.138. The number of benzene rings is 1. The van der Waals surface area contributed by atoms with Crippen molar-refractivity contribution in [1.82, 2.24) is 0 Å². The van der Waals surface area contributed by atoms with Crippen molar-refractivity contribution in [2.75, 3.05) is 0 Å². The maximum absolute atomic E-state index is 11.6. The second-order valence-electron chi connectivity index (χ2n) is 6.49. The first-order chi connectivity index (χ1) is 11.8. The molecule has 24 heavy (non-hydrogen) atoms. The minimum Gasteiger partial charge on any atom is -0.434 e. The minimum absolute atomic E-state index is 0.127. The Kier molecular flexibility index (Phi) is 12.8. The Hall–Kier alpha value is -1.57. The van der Waals surface area contributed by atoms with Crippen LogP contribution in [0.15, 0.2) is 36.6 Å². The van der Waals surface area contributed by atoms with E-state index < -0.39 is 0 Å². The van der Waals surface area contributed by atoms with E-state index in [1.165, 1.54) is 64.0 Å². The quantitative estimate of drug-likeness (QED) is 0.211.